The third-order valence-electron chi connectivity index (χ3n) is 5.59. The van der Waals surface area contributed by atoms with Crippen LogP contribution in [0, 0.1) is 33.6 Å². The van der Waals surface area contributed by atoms with Crippen LogP contribution >= 0.6 is 0 Å². The summed E-state index contributed by atoms with van der Waals surface area (Å²) >= 11 is 0. The second kappa shape index (κ2) is 8.20. The normalized spacial score (nSPS) is 14.8. The fraction of sp³-hybridized carbons (Fsp3) is 0.545. The first kappa shape index (κ1) is 21.1. The van der Waals surface area contributed by atoms with E-state index in [0.717, 1.165) is 47.0 Å². The van der Waals surface area contributed by atoms with Crippen molar-refractivity contribution in [3.8, 4) is 5.95 Å². The van der Waals surface area contributed by atoms with E-state index in [9.17, 15) is 4.79 Å². The van der Waals surface area contributed by atoms with E-state index in [1.165, 1.54) is 0 Å². The molecule has 1 saturated carbocycles. The van der Waals surface area contributed by atoms with E-state index in [0.29, 0.717) is 17.8 Å². The molecule has 0 saturated heterocycles. The lowest BCUT2D eigenvalue weighted by Gasteiger charge is -2.18. The molecule has 0 aliphatic heterocycles. The first-order valence-electron chi connectivity index (χ1n) is 10.7. The Kier molecular flexibility index (Phi) is 5.60. The minimum Gasteiger partial charge on any atom is -0.344 e. The highest BCUT2D eigenvalue weighted by atomic mass is 16.5. The standard InChI is InChI=1S/C22H29N7O2/c1-11(2)19(21-26-20(28-31-21)16-7-8-16)25-18(30)10-17-14(5)27-29(15(17)6)22-23-12(3)9-13(4)24-22/h9,11,16,19H,7-8,10H2,1-6H3,(H,25,30). The number of nitrogens with one attached hydrogen (secondary N) is 1. The Labute approximate surface area is 181 Å². The molecule has 164 valence electrons. The van der Waals surface area contributed by atoms with Gasteiger partial charge in [0, 0.05) is 28.6 Å². The molecule has 1 unspecified atom stereocenters. The molecule has 0 spiro atoms. The molecule has 1 N–H and O–H groups in total. The van der Waals surface area contributed by atoms with Crippen molar-refractivity contribution >= 4 is 5.91 Å². The minimum atomic E-state index is -0.328. The maximum absolute atomic E-state index is 12.9. The highest BCUT2D eigenvalue weighted by Crippen LogP contribution is 2.38. The fourth-order valence-electron chi connectivity index (χ4n) is 3.71. The average Bonchev–Trinajstić information content (AvgIpc) is 3.37. The Bertz CT molecular complexity index is 1090. The van der Waals surface area contributed by atoms with Crippen LogP contribution < -0.4 is 5.32 Å². The molecule has 3 heterocycles. The third-order valence-corrected chi connectivity index (χ3v) is 5.59. The number of aryl methyl sites for hydroxylation is 3. The Morgan fingerprint density at radius 2 is 1.84 bits per heavy atom. The van der Waals surface area contributed by atoms with Crippen LogP contribution in [0.15, 0.2) is 10.6 Å². The van der Waals surface area contributed by atoms with E-state index in [1.807, 2.05) is 47.6 Å². The van der Waals surface area contributed by atoms with E-state index in [2.05, 4.69) is 30.5 Å². The topological polar surface area (TPSA) is 112 Å². The van der Waals surface area contributed by atoms with E-state index in [-0.39, 0.29) is 24.3 Å². The van der Waals surface area contributed by atoms with Gasteiger partial charge < -0.3 is 9.84 Å². The summed E-state index contributed by atoms with van der Waals surface area (Å²) in [5.74, 6) is 2.14. The average molecular weight is 424 g/mol. The molecule has 9 heteroatoms. The Morgan fingerprint density at radius 1 is 1.16 bits per heavy atom. The molecule has 0 radical (unpaired) electrons. The summed E-state index contributed by atoms with van der Waals surface area (Å²) in [6.45, 7) is 11.7. The maximum atomic E-state index is 12.9. The quantitative estimate of drug-likeness (QED) is 0.621. The van der Waals surface area contributed by atoms with Crippen LogP contribution in [0.3, 0.4) is 0 Å². The van der Waals surface area contributed by atoms with Gasteiger partial charge in [-0.15, -0.1) is 0 Å². The van der Waals surface area contributed by atoms with Crippen LogP contribution in [0.25, 0.3) is 5.95 Å². The van der Waals surface area contributed by atoms with Crippen LogP contribution in [-0.4, -0.2) is 35.8 Å². The fourth-order valence-corrected chi connectivity index (χ4v) is 3.71. The van der Waals surface area contributed by atoms with Crippen molar-refractivity contribution < 1.29 is 9.32 Å². The second-order valence-electron chi connectivity index (χ2n) is 8.74. The first-order valence-corrected chi connectivity index (χ1v) is 10.7. The van der Waals surface area contributed by atoms with Gasteiger partial charge in [-0.05, 0) is 52.5 Å². The van der Waals surface area contributed by atoms with E-state index in [4.69, 9.17) is 4.52 Å². The van der Waals surface area contributed by atoms with Gasteiger partial charge in [0.15, 0.2) is 5.82 Å². The van der Waals surface area contributed by atoms with Crippen LogP contribution in [0.2, 0.25) is 0 Å². The summed E-state index contributed by atoms with van der Waals surface area (Å²) in [5.41, 5.74) is 4.25. The minimum absolute atomic E-state index is 0.114. The van der Waals surface area contributed by atoms with Crippen molar-refractivity contribution in [1.82, 2.24) is 35.2 Å². The van der Waals surface area contributed by atoms with Crippen molar-refractivity contribution in [2.75, 3.05) is 0 Å². The highest BCUT2D eigenvalue weighted by Gasteiger charge is 2.32. The number of nitrogens with zero attached hydrogens (tertiary/aromatic N) is 6. The largest absolute Gasteiger partial charge is 0.344 e. The number of amides is 1. The van der Waals surface area contributed by atoms with Gasteiger partial charge in [-0.3, -0.25) is 4.79 Å². The van der Waals surface area contributed by atoms with Gasteiger partial charge >= 0.3 is 0 Å². The van der Waals surface area contributed by atoms with Crippen LogP contribution in [0.4, 0.5) is 0 Å². The summed E-state index contributed by atoms with van der Waals surface area (Å²) in [6, 6.07) is 1.59. The van der Waals surface area contributed by atoms with Gasteiger partial charge in [0.2, 0.25) is 11.8 Å². The molecule has 1 aliphatic rings. The van der Waals surface area contributed by atoms with Gasteiger partial charge in [-0.1, -0.05) is 19.0 Å². The predicted molar refractivity (Wildman–Crippen MR) is 114 cm³/mol. The molecule has 9 nitrogen and oxygen atoms in total. The van der Waals surface area contributed by atoms with E-state index in [1.54, 1.807) is 4.68 Å². The number of carbonyl (C=O) groups is 1. The smallest absolute Gasteiger partial charge is 0.251 e. The Balaban J connectivity index is 1.52. The summed E-state index contributed by atoms with van der Waals surface area (Å²) in [6.07, 6.45) is 2.41. The van der Waals surface area contributed by atoms with Crippen molar-refractivity contribution in [3.05, 3.63) is 46.1 Å². The zero-order valence-electron chi connectivity index (χ0n) is 18.9. The predicted octanol–water partition coefficient (Wildman–Crippen LogP) is 3.21. The molecule has 1 fully saturated rings. The molecule has 0 aromatic carbocycles. The molecule has 1 aliphatic carbocycles. The highest BCUT2D eigenvalue weighted by molar-refractivity contribution is 5.79. The molecule has 4 rings (SSSR count). The van der Waals surface area contributed by atoms with E-state index >= 15 is 0 Å². The molecule has 0 bridgehead atoms. The zero-order valence-corrected chi connectivity index (χ0v) is 18.9. The molecular weight excluding hydrogens is 394 g/mol. The van der Waals surface area contributed by atoms with Crippen LogP contribution in [-0.2, 0) is 11.2 Å². The van der Waals surface area contributed by atoms with Gasteiger partial charge in [0.1, 0.15) is 6.04 Å². The zero-order chi connectivity index (χ0) is 22.3. The van der Waals surface area contributed by atoms with E-state index < -0.39 is 0 Å². The first-order chi connectivity index (χ1) is 14.7. The third kappa shape index (κ3) is 4.50. The molecule has 1 amide bonds. The molecule has 1 atom stereocenters. The lowest BCUT2D eigenvalue weighted by atomic mass is 10.0. The van der Waals surface area contributed by atoms with Crippen molar-refractivity contribution in [2.45, 2.75) is 72.8 Å². The number of rotatable bonds is 7. The van der Waals surface area contributed by atoms with Crippen LogP contribution in [0.1, 0.15) is 78.7 Å². The summed E-state index contributed by atoms with van der Waals surface area (Å²) in [5, 5.41) is 11.7. The molecule has 3 aromatic rings. The molecule has 31 heavy (non-hydrogen) atoms. The molecule has 3 aromatic heterocycles. The lowest BCUT2D eigenvalue weighted by molar-refractivity contribution is -0.121. The van der Waals surface area contributed by atoms with Crippen molar-refractivity contribution in [1.29, 1.82) is 0 Å². The number of hydrogen-bond donors (Lipinski definition) is 1. The maximum Gasteiger partial charge on any atom is 0.251 e. The number of aromatic nitrogens is 6. The number of hydrogen-bond acceptors (Lipinski definition) is 7. The molecular formula is C22H29N7O2. The summed E-state index contributed by atoms with van der Waals surface area (Å²) in [4.78, 5) is 26.5. The monoisotopic (exact) mass is 423 g/mol. The van der Waals surface area contributed by atoms with Crippen LogP contribution in [0.5, 0.6) is 0 Å². The van der Waals surface area contributed by atoms with Gasteiger partial charge in [0.05, 0.1) is 12.1 Å². The Morgan fingerprint density at radius 3 is 2.45 bits per heavy atom. The van der Waals surface area contributed by atoms with Crippen molar-refractivity contribution in [2.24, 2.45) is 5.92 Å². The van der Waals surface area contributed by atoms with Gasteiger partial charge in [-0.25, -0.2) is 14.6 Å². The van der Waals surface area contributed by atoms with Gasteiger partial charge in [-0.2, -0.15) is 10.1 Å². The van der Waals surface area contributed by atoms with Crippen molar-refractivity contribution in [3.63, 3.8) is 0 Å². The number of carbonyl (C=O) groups excluding carboxylic acids is 1. The summed E-state index contributed by atoms with van der Waals surface area (Å²) in [7, 11) is 0. The SMILES string of the molecule is Cc1cc(C)nc(-n2nc(C)c(CC(=O)NC(c3nc(C4CC4)no3)C(C)C)c2C)n1. The Hall–Kier alpha value is -3.10. The second-order valence-corrected chi connectivity index (χ2v) is 8.74. The van der Waals surface area contributed by atoms with Gasteiger partial charge in [0.25, 0.3) is 5.95 Å². The summed E-state index contributed by atoms with van der Waals surface area (Å²) < 4.78 is 7.17. The lowest BCUT2D eigenvalue weighted by Crippen LogP contribution is -2.33.